The molecule has 2 rings (SSSR count). The van der Waals surface area contributed by atoms with Gasteiger partial charge in [-0.2, -0.15) is 0 Å². The van der Waals surface area contributed by atoms with Gasteiger partial charge in [0.15, 0.2) is 0 Å². The van der Waals surface area contributed by atoms with Gasteiger partial charge in [-0.3, -0.25) is 0 Å². The number of hydrogen-bond acceptors (Lipinski definition) is 3. The number of nitrogens with one attached hydrogen (secondary N) is 1. The molecule has 2 fully saturated rings. The fourth-order valence-electron chi connectivity index (χ4n) is 2.71. The van der Waals surface area contributed by atoms with Crippen LogP contribution in [0, 0.1) is 0 Å². The second kappa shape index (κ2) is 5.99. The fraction of sp³-hybridized carbons (Fsp3) is 1.00. The first-order valence-electron chi connectivity index (χ1n) is 6.95. The van der Waals surface area contributed by atoms with Crippen molar-refractivity contribution in [3.63, 3.8) is 0 Å². The molecule has 3 nitrogen and oxygen atoms in total. The Labute approximate surface area is 100 Å². The molecule has 1 heterocycles. The van der Waals surface area contributed by atoms with Gasteiger partial charge in [0, 0.05) is 31.7 Å². The topological polar surface area (TPSA) is 18.5 Å². The van der Waals surface area contributed by atoms with Gasteiger partial charge >= 0.3 is 0 Å². The highest BCUT2D eigenvalue weighted by molar-refractivity contribution is 4.84. The van der Waals surface area contributed by atoms with Crippen LogP contribution in [0.3, 0.4) is 0 Å². The molecule has 0 amide bonds. The molecule has 1 unspecified atom stereocenters. The van der Waals surface area contributed by atoms with Gasteiger partial charge in [-0.05, 0) is 45.8 Å². The van der Waals surface area contributed by atoms with Crippen molar-refractivity contribution >= 4 is 0 Å². The van der Waals surface area contributed by atoms with Crippen LogP contribution in [0.25, 0.3) is 0 Å². The summed E-state index contributed by atoms with van der Waals surface area (Å²) in [5.74, 6) is 0. The number of piperidine rings is 1. The zero-order chi connectivity index (χ0) is 11.4. The summed E-state index contributed by atoms with van der Waals surface area (Å²) in [5, 5.41) is 3.58. The van der Waals surface area contributed by atoms with E-state index in [2.05, 4.69) is 29.1 Å². The molecule has 0 aromatic carbocycles. The Balaban J connectivity index is 1.64. The molecule has 1 atom stereocenters. The van der Waals surface area contributed by atoms with E-state index in [4.69, 9.17) is 0 Å². The third kappa shape index (κ3) is 3.72. The molecule has 94 valence electrons. The third-order valence-corrected chi connectivity index (χ3v) is 3.94. The van der Waals surface area contributed by atoms with Crippen molar-refractivity contribution in [1.29, 1.82) is 0 Å². The smallest absolute Gasteiger partial charge is 0.0195 e. The highest BCUT2D eigenvalue weighted by atomic mass is 15.2. The van der Waals surface area contributed by atoms with Crippen LogP contribution in [0.15, 0.2) is 0 Å². The van der Waals surface area contributed by atoms with Crippen molar-refractivity contribution in [3.8, 4) is 0 Å². The maximum atomic E-state index is 3.58. The van der Waals surface area contributed by atoms with Gasteiger partial charge in [0.25, 0.3) is 0 Å². The first-order chi connectivity index (χ1) is 7.79. The molecule has 0 aromatic rings. The van der Waals surface area contributed by atoms with E-state index in [0.29, 0.717) is 0 Å². The normalized spacial score (nSPS) is 27.6. The largest absolute Gasteiger partial charge is 0.313 e. The number of hydrogen-bond donors (Lipinski definition) is 1. The van der Waals surface area contributed by atoms with Gasteiger partial charge in [-0.25, -0.2) is 0 Å². The van der Waals surface area contributed by atoms with Gasteiger partial charge in [0.05, 0.1) is 0 Å². The summed E-state index contributed by atoms with van der Waals surface area (Å²) in [6.07, 6.45) is 5.58. The Morgan fingerprint density at radius 2 is 2.12 bits per heavy atom. The quantitative estimate of drug-likeness (QED) is 0.732. The number of nitrogens with zero attached hydrogens (tertiary/aromatic N) is 2. The minimum absolute atomic E-state index is 0.741. The molecule has 0 spiro atoms. The minimum atomic E-state index is 0.741. The number of likely N-dealkylation sites (tertiary alicyclic amines) is 1. The fourth-order valence-corrected chi connectivity index (χ4v) is 2.71. The Kier molecular flexibility index (Phi) is 4.62. The molecule has 2 aliphatic rings. The average molecular weight is 225 g/mol. The molecule has 0 bridgehead atoms. The Morgan fingerprint density at radius 3 is 2.81 bits per heavy atom. The standard InChI is InChI=1S/C13H27N3/c1-3-14-12-5-4-8-16(11-12)10-9-15(2)13-6-7-13/h12-14H,3-11H2,1-2H3. The first kappa shape index (κ1) is 12.3. The van der Waals surface area contributed by atoms with Crippen LogP contribution >= 0.6 is 0 Å². The molecule has 1 N–H and O–H groups in total. The SMILES string of the molecule is CCNC1CCCN(CCN(C)C2CC2)C1. The summed E-state index contributed by atoms with van der Waals surface area (Å²) in [6.45, 7) is 8.39. The summed E-state index contributed by atoms with van der Waals surface area (Å²) >= 11 is 0. The maximum Gasteiger partial charge on any atom is 0.0195 e. The van der Waals surface area contributed by atoms with Crippen molar-refractivity contribution in [2.75, 3.05) is 39.8 Å². The molecular formula is C13H27N3. The molecule has 3 heteroatoms. The van der Waals surface area contributed by atoms with Gasteiger partial charge < -0.3 is 15.1 Å². The average Bonchev–Trinajstić information content (AvgIpc) is 3.11. The summed E-state index contributed by atoms with van der Waals surface area (Å²) in [7, 11) is 2.28. The summed E-state index contributed by atoms with van der Waals surface area (Å²) in [4.78, 5) is 5.17. The van der Waals surface area contributed by atoms with Crippen molar-refractivity contribution in [1.82, 2.24) is 15.1 Å². The van der Waals surface area contributed by atoms with Crippen LogP contribution in [0.4, 0.5) is 0 Å². The predicted molar refractivity (Wildman–Crippen MR) is 68.8 cm³/mol. The Hall–Kier alpha value is -0.120. The second-order valence-electron chi connectivity index (χ2n) is 5.41. The van der Waals surface area contributed by atoms with E-state index < -0.39 is 0 Å². The van der Waals surface area contributed by atoms with Gasteiger partial charge in [0.2, 0.25) is 0 Å². The highest BCUT2D eigenvalue weighted by Crippen LogP contribution is 2.25. The molecule has 0 radical (unpaired) electrons. The molecule has 16 heavy (non-hydrogen) atoms. The van der Waals surface area contributed by atoms with Crippen LogP contribution in [-0.2, 0) is 0 Å². The Morgan fingerprint density at radius 1 is 1.31 bits per heavy atom. The van der Waals surface area contributed by atoms with Gasteiger partial charge in [-0.15, -0.1) is 0 Å². The van der Waals surface area contributed by atoms with Gasteiger partial charge in [0.1, 0.15) is 0 Å². The lowest BCUT2D eigenvalue weighted by Gasteiger charge is -2.34. The Bertz CT molecular complexity index is 201. The molecule has 1 aliphatic heterocycles. The summed E-state index contributed by atoms with van der Waals surface area (Å²) < 4.78 is 0. The maximum absolute atomic E-state index is 3.58. The van der Waals surface area contributed by atoms with Crippen LogP contribution < -0.4 is 5.32 Å². The lowest BCUT2D eigenvalue weighted by molar-refractivity contribution is 0.168. The van der Waals surface area contributed by atoms with E-state index in [1.807, 2.05) is 0 Å². The lowest BCUT2D eigenvalue weighted by atomic mass is 10.1. The highest BCUT2D eigenvalue weighted by Gasteiger charge is 2.26. The summed E-state index contributed by atoms with van der Waals surface area (Å²) in [6, 6.07) is 1.65. The monoisotopic (exact) mass is 225 g/mol. The predicted octanol–water partition coefficient (Wildman–Crippen LogP) is 1.15. The van der Waals surface area contributed by atoms with Crippen LogP contribution in [0.2, 0.25) is 0 Å². The molecule has 1 saturated carbocycles. The van der Waals surface area contributed by atoms with E-state index in [1.54, 1.807) is 0 Å². The van der Waals surface area contributed by atoms with Crippen molar-refractivity contribution in [3.05, 3.63) is 0 Å². The minimum Gasteiger partial charge on any atom is -0.313 e. The molecular weight excluding hydrogens is 198 g/mol. The van der Waals surface area contributed by atoms with Gasteiger partial charge in [-0.1, -0.05) is 6.92 Å². The van der Waals surface area contributed by atoms with Crippen molar-refractivity contribution < 1.29 is 0 Å². The number of rotatable bonds is 6. The molecule has 0 aromatic heterocycles. The lowest BCUT2D eigenvalue weighted by Crippen LogP contribution is -2.47. The van der Waals surface area contributed by atoms with E-state index >= 15 is 0 Å². The zero-order valence-corrected chi connectivity index (χ0v) is 10.9. The van der Waals surface area contributed by atoms with E-state index in [9.17, 15) is 0 Å². The second-order valence-corrected chi connectivity index (χ2v) is 5.41. The van der Waals surface area contributed by atoms with Crippen LogP contribution in [-0.4, -0.2) is 61.7 Å². The molecule has 1 saturated heterocycles. The van der Waals surface area contributed by atoms with E-state index in [0.717, 1.165) is 18.6 Å². The van der Waals surface area contributed by atoms with Crippen LogP contribution in [0.1, 0.15) is 32.6 Å². The van der Waals surface area contributed by atoms with Crippen molar-refractivity contribution in [2.45, 2.75) is 44.7 Å². The number of likely N-dealkylation sites (N-methyl/N-ethyl adjacent to an activating group) is 2. The van der Waals surface area contributed by atoms with E-state index in [-0.39, 0.29) is 0 Å². The molecule has 1 aliphatic carbocycles. The zero-order valence-electron chi connectivity index (χ0n) is 10.9. The van der Waals surface area contributed by atoms with Crippen molar-refractivity contribution in [2.24, 2.45) is 0 Å². The van der Waals surface area contributed by atoms with E-state index in [1.165, 1.54) is 51.9 Å². The third-order valence-electron chi connectivity index (χ3n) is 3.94. The summed E-state index contributed by atoms with van der Waals surface area (Å²) in [5.41, 5.74) is 0. The van der Waals surface area contributed by atoms with Crippen LogP contribution in [0.5, 0.6) is 0 Å². The first-order valence-corrected chi connectivity index (χ1v) is 6.95.